The number of ether oxygens (including phenoxy) is 2. The molecule has 0 heterocycles. The Bertz CT molecular complexity index is 352. The molecule has 0 aliphatic carbocycles. The molecule has 1 unspecified atom stereocenters. The standard InChI is InChI=1S/C11H16ClFN2O2/c1-16-4-5-17-7-11(15-14)9-3-2-8(12)6-10(9)13/h2-3,6,11,15H,4-5,7,14H2,1H3. The summed E-state index contributed by atoms with van der Waals surface area (Å²) < 4.78 is 23.7. The van der Waals surface area contributed by atoms with Crippen LogP contribution >= 0.6 is 11.6 Å². The first kappa shape index (κ1) is 14.3. The van der Waals surface area contributed by atoms with Gasteiger partial charge in [-0.3, -0.25) is 11.3 Å². The third-order valence-corrected chi connectivity index (χ3v) is 2.49. The number of methoxy groups -OCH3 is 1. The predicted octanol–water partition coefficient (Wildman–Crippen LogP) is 1.65. The first-order chi connectivity index (χ1) is 8.19. The quantitative estimate of drug-likeness (QED) is 0.446. The third-order valence-electron chi connectivity index (χ3n) is 2.26. The van der Waals surface area contributed by atoms with Crippen LogP contribution in [0.5, 0.6) is 0 Å². The number of hydrazine groups is 1. The summed E-state index contributed by atoms with van der Waals surface area (Å²) in [4.78, 5) is 0. The van der Waals surface area contributed by atoms with Gasteiger partial charge < -0.3 is 9.47 Å². The molecule has 17 heavy (non-hydrogen) atoms. The molecule has 0 bridgehead atoms. The fourth-order valence-corrected chi connectivity index (χ4v) is 1.51. The zero-order valence-corrected chi connectivity index (χ0v) is 10.3. The van der Waals surface area contributed by atoms with Crippen LogP contribution < -0.4 is 11.3 Å². The van der Waals surface area contributed by atoms with Crippen molar-refractivity contribution < 1.29 is 13.9 Å². The van der Waals surface area contributed by atoms with E-state index in [4.69, 9.17) is 26.9 Å². The maximum absolute atomic E-state index is 13.6. The van der Waals surface area contributed by atoms with Gasteiger partial charge in [0.2, 0.25) is 0 Å². The van der Waals surface area contributed by atoms with Crippen LogP contribution in [0, 0.1) is 5.82 Å². The summed E-state index contributed by atoms with van der Waals surface area (Å²) in [5.41, 5.74) is 2.93. The van der Waals surface area contributed by atoms with E-state index >= 15 is 0 Å². The molecule has 1 atom stereocenters. The lowest BCUT2D eigenvalue weighted by atomic mass is 10.1. The van der Waals surface area contributed by atoms with Gasteiger partial charge in [-0.15, -0.1) is 0 Å². The Labute approximate surface area is 105 Å². The van der Waals surface area contributed by atoms with E-state index in [0.29, 0.717) is 23.8 Å². The van der Waals surface area contributed by atoms with Crippen LogP contribution in [0.1, 0.15) is 11.6 Å². The maximum Gasteiger partial charge on any atom is 0.129 e. The van der Waals surface area contributed by atoms with E-state index in [1.54, 1.807) is 19.2 Å². The van der Waals surface area contributed by atoms with Crippen LogP contribution in [-0.4, -0.2) is 26.9 Å². The minimum Gasteiger partial charge on any atom is -0.382 e. The van der Waals surface area contributed by atoms with Gasteiger partial charge in [0.1, 0.15) is 5.82 Å². The summed E-state index contributed by atoms with van der Waals surface area (Å²) >= 11 is 5.67. The van der Waals surface area contributed by atoms with Crippen molar-refractivity contribution >= 4 is 11.6 Å². The van der Waals surface area contributed by atoms with E-state index < -0.39 is 11.9 Å². The molecule has 0 saturated carbocycles. The smallest absolute Gasteiger partial charge is 0.129 e. The lowest BCUT2D eigenvalue weighted by molar-refractivity contribution is 0.0581. The SMILES string of the molecule is COCCOCC(NN)c1ccc(Cl)cc1F. The van der Waals surface area contributed by atoms with Crippen LogP contribution in [0.3, 0.4) is 0 Å². The molecule has 0 radical (unpaired) electrons. The number of benzene rings is 1. The summed E-state index contributed by atoms with van der Waals surface area (Å²) in [7, 11) is 1.58. The third kappa shape index (κ3) is 4.57. The molecule has 4 nitrogen and oxygen atoms in total. The monoisotopic (exact) mass is 262 g/mol. The minimum atomic E-state index is -0.413. The highest BCUT2D eigenvalue weighted by Crippen LogP contribution is 2.20. The molecule has 96 valence electrons. The van der Waals surface area contributed by atoms with Crippen LogP contribution in [0.2, 0.25) is 5.02 Å². The Morgan fingerprint density at radius 2 is 2.24 bits per heavy atom. The Hall–Kier alpha value is -0.720. The molecule has 0 fully saturated rings. The topological polar surface area (TPSA) is 56.5 Å². The van der Waals surface area contributed by atoms with Crippen molar-refractivity contribution in [3.8, 4) is 0 Å². The maximum atomic E-state index is 13.6. The van der Waals surface area contributed by atoms with Gasteiger partial charge in [0.25, 0.3) is 0 Å². The van der Waals surface area contributed by atoms with Crippen molar-refractivity contribution in [1.82, 2.24) is 5.43 Å². The van der Waals surface area contributed by atoms with Gasteiger partial charge in [0, 0.05) is 17.7 Å². The van der Waals surface area contributed by atoms with Gasteiger partial charge in [0.05, 0.1) is 25.9 Å². The zero-order chi connectivity index (χ0) is 12.7. The molecule has 0 saturated heterocycles. The normalized spacial score (nSPS) is 12.7. The number of nitrogens with one attached hydrogen (secondary N) is 1. The summed E-state index contributed by atoms with van der Waals surface area (Å²) in [5, 5.41) is 0.349. The lowest BCUT2D eigenvalue weighted by Gasteiger charge is -2.17. The average Bonchev–Trinajstić information content (AvgIpc) is 2.31. The van der Waals surface area contributed by atoms with Gasteiger partial charge >= 0.3 is 0 Å². The Morgan fingerprint density at radius 1 is 1.47 bits per heavy atom. The first-order valence-electron chi connectivity index (χ1n) is 5.16. The molecule has 0 aliphatic rings. The van der Waals surface area contributed by atoms with Gasteiger partial charge in [-0.05, 0) is 12.1 Å². The minimum absolute atomic E-state index is 0.262. The number of halogens is 2. The number of nitrogens with two attached hydrogens (primary N) is 1. The van der Waals surface area contributed by atoms with E-state index in [0.717, 1.165) is 0 Å². The molecule has 1 aromatic rings. The van der Waals surface area contributed by atoms with Gasteiger partial charge in [-0.25, -0.2) is 4.39 Å². The molecule has 0 spiro atoms. The number of hydrogen-bond donors (Lipinski definition) is 2. The fourth-order valence-electron chi connectivity index (χ4n) is 1.36. The van der Waals surface area contributed by atoms with Crippen molar-refractivity contribution in [3.05, 3.63) is 34.6 Å². The van der Waals surface area contributed by atoms with Crippen LogP contribution in [-0.2, 0) is 9.47 Å². The van der Waals surface area contributed by atoms with Crippen LogP contribution in [0.15, 0.2) is 18.2 Å². The van der Waals surface area contributed by atoms with E-state index in [2.05, 4.69) is 5.43 Å². The summed E-state index contributed by atoms with van der Waals surface area (Å²) in [6.07, 6.45) is 0. The van der Waals surface area contributed by atoms with Crippen LogP contribution in [0.4, 0.5) is 4.39 Å². The summed E-state index contributed by atoms with van der Waals surface area (Å²) in [6.45, 7) is 1.18. The molecule has 6 heteroatoms. The molecular weight excluding hydrogens is 247 g/mol. The predicted molar refractivity (Wildman–Crippen MR) is 64.2 cm³/mol. The van der Waals surface area contributed by atoms with E-state index in [1.807, 2.05) is 0 Å². The van der Waals surface area contributed by atoms with Crippen molar-refractivity contribution in [2.24, 2.45) is 5.84 Å². The molecule has 0 aliphatic heterocycles. The van der Waals surface area contributed by atoms with E-state index in [1.165, 1.54) is 6.07 Å². The zero-order valence-electron chi connectivity index (χ0n) is 9.58. The van der Waals surface area contributed by atoms with Crippen molar-refractivity contribution in [1.29, 1.82) is 0 Å². The fraction of sp³-hybridized carbons (Fsp3) is 0.455. The first-order valence-corrected chi connectivity index (χ1v) is 5.54. The largest absolute Gasteiger partial charge is 0.382 e. The van der Waals surface area contributed by atoms with E-state index in [9.17, 15) is 4.39 Å². The summed E-state index contributed by atoms with van der Waals surface area (Å²) in [5.74, 6) is 4.96. The highest BCUT2D eigenvalue weighted by Gasteiger charge is 2.14. The van der Waals surface area contributed by atoms with E-state index in [-0.39, 0.29) is 6.61 Å². The molecule has 1 aromatic carbocycles. The second-order valence-corrected chi connectivity index (χ2v) is 3.89. The average molecular weight is 263 g/mol. The van der Waals surface area contributed by atoms with Gasteiger partial charge in [-0.2, -0.15) is 0 Å². The molecule has 0 amide bonds. The lowest BCUT2D eigenvalue weighted by Crippen LogP contribution is -2.32. The molecule has 1 rings (SSSR count). The second-order valence-electron chi connectivity index (χ2n) is 3.45. The highest BCUT2D eigenvalue weighted by atomic mass is 35.5. The van der Waals surface area contributed by atoms with Gasteiger partial charge in [-0.1, -0.05) is 17.7 Å². The highest BCUT2D eigenvalue weighted by molar-refractivity contribution is 6.30. The number of rotatable bonds is 7. The molecule has 3 N–H and O–H groups in total. The second kappa shape index (κ2) is 7.58. The number of hydrogen-bond acceptors (Lipinski definition) is 4. The Balaban J connectivity index is 2.59. The Morgan fingerprint density at radius 3 is 2.82 bits per heavy atom. The van der Waals surface area contributed by atoms with Crippen molar-refractivity contribution in [3.63, 3.8) is 0 Å². The van der Waals surface area contributed by atoms with Crippen molar-refractivity contribution in [2.45, 2.75) is 6.04 Å². The Kier molecular flexibility index (Phi) is 6.39. The van der Waals surface area contributed by atoms with Crippen molar-refractivity contribution in [2.75, 3.05) is 26.9 Å². The summed E-state index contributed by atoms with van der Waals surface area (Å²) in [6, 6.07) is 4.03. The molecular formula is C11H16ClFN2O2. The van der Waals surface area contributed by atoms with Crippen LogP contribution in [0.25, 0.3) is 0 Å². The molecule has 0 aromatic heterocycles. The van der Waals surface area contributed by atoms with Gasteiger partial charge in [0.15, 0.2) is 0 Å².